The van der Waals surface area contributed by atoms with E-state index in [0.717, 1.165) is 30.3 Å². The molecule has 3 heteroatoms. The van der Waals surface area contributed by atoms with Crippen molar-refractivity contribution in [1.29, 1.82) is 0 Å². The van der Waals surface area contributed by atoms with Gasteiger partial charge in [-0.2, -0.15) is 11.8 Å². The predicted molar refractivity (Wildman–Crippen MR) is 91.8 cm³/mol. The van der Waals surface area contributed by atoms with Crippen LogP contribution >= 0.6 is 11.8 Å². The van der Waals surface area contributed by atoms with Crippen LogP contribution in [0, 0.1) is 0 Å². The standard InChI is InChI=1S/C18H23NOS/c1-2-12-20-17-10-8-16(9-11-17)18(19)14-21-13-15-6-4-3-5-7-15/h3-11,18H,2,12-14,19H2,1H3. The minimum atomic E-state index is 0.0685. The summed E-state index contributed by atoms with van der Waals surface area (Å²) in [6, 6.07) is 18.7. The van der Waals surface area contributed by atoms with Gasteiger partial charge < -0.3 is 10.5 Å². The van der Waals surface area contributed by atoms with E-state index in [1.807, 2.05) is 30.0 Å². The van der Waals surface area contributed by atoms with Gasteiger partial charge in [0.05, 0.1) is 6.61 Å². The van der Waals surface area contributed by atoms with Crippen LogP contribution in [0.4, 0.5) is 0 Å². The maximum atomic E-state index is 6.25. The fraction of sp³-hybridized carbons (Fsp3) is 0.333. The SMILES string of the molecule is CCCOc1ccc(C(N)CSCc2ccccc2)cc1. The van der Waals surface area contributed by atoms with Crippen molar-refractivity contribution in [3.63, 3.8) is 0 Å². The second-order valence-electron chi connectivity index (χ2n) is 5.02. The highest BCUT2D eigenvalue weighted by molar-refractivity contribution is 7.98. The van der Waals surface area contributed by atoms with Crippen LogP contribution in [0.15, 0.2) is 54.6 Å². The summed E-state index contributed by atoms with van der Waals surface area (Å²) in [6.45, 7) is 2.87. The zero-order valence-corrected chi connectivity index (χ0v) is 13.3. The van der Waals surface area contributed by atoms with Crippen LogP contribution in [-0.4, -0.2) is 12.4 Å². The van der Waals surface area contributed by atoms with Gasteiger partial charge in [-0.1, -0.05) is 49.4 Å². The third-order valence-corrected chi connectivity index (χ3v) is 4.32. The van der Waals surface area contributed by atoms with Crippen LogP contribution in [0.2, 0.25) is 0 Å². The van der Waals surface area contributed by atoms with Gasteiger partial charge in [0.15, 0.2) is 0 Å². The average molecular weight is 301 g/mol. The maximum Gasteiger partial charge on any atom is 0.119 e. The van der Waals surface area contributed by atoms with Gasteiger partial charge in [-0.15, -0.1) is 0 Å². The number of thioether (sulfide) groups is 1. The molecule has 0 saturated heterocycles. The first-order valence-electron chi connectivity index (χ1n) is 7.39. The van der Waals surface area contributed by atoms with E-state index in [1.54, 1.807) is 0 Å². The summed E-state index contributed by atoms with van der Waals surface area (Å²) in [5.74, 6) is 2.85. The van der Waals surface area contributed by atoms with Crippen molar-refractivity contribution < 1.29 is 4.74 Å². The van der Waals surface area contributed by atoms with Crippen molar-refractivity contribution in [3.05, 3.63) is 65.7 Å². The third-order valence-electron chi connectivity index (χ3n) is 3.19. The number of hydrogen-bond acceptors (Lipinski definition) is 3. The Balaban J connectivity index is 1.78. The number of benzene rings is 2. The molecule has 0 fully saturated rings. The van der Waals surface area contributed by atoms with E-state index in [4.69, 9.17) is 10.5 Å². The van der Waals surface area contributed by atoms with Gasteiger partial charge in [-0.25, -0.2) is 0 Å². The maximum absolute atomic E-state index is 6.25. The summed E-state index contributed by atoms with van der Waals surface area (Å²) in [5, 5.41) is 0. The quantitative estimate of drug-likeness (QED) is 0.784. The summed E-state index contributed by atoms with van der Waals surface area (Å²) in [7, 11) is 0. The number of nitrogens with two attached hydrogens (primary N) is 1. The molecule has 0 bridgehead atoms. The topological polar surface area (TPSA) is 35.2 Å². The fourth-order valence-corrected chi connectivity index (χ4v) is 3.00. The lowest BCUT2D eigenvalue weighted by Crippen LogP contribution is -2.13. The largest absolute Gasteiger partial charge is 0.494 e. The van der Waals surface area contributed by atoms with Crippen molar-refractivity contribution in [2.75, 3.05) is 12.4 Å². The molecule has 0 aliphatic rings. The van der Waals surface area contributed by atoms with E-state index in [-0.39, 0.29) is 6.04 Å². The molecule has 2 rings (SSSR count). The molecule has 2 aromatic rings. The Hall–Kier alpha value is -1.45. The molecular weight excluding hydrogens is 278 g/mol. The van der Waals surface area contributed by atoms with Gasteiger partial charge in [-0.3, -0.25) is 0 Å². The van der Waals surface area contributed by atoms with Crippen LogP contribution in [0.3, 0.4) is 0 Å². The highest BCUT2D eigenvalue weighted by Crippen LogP contribution is 2.21. The predicted octanol–water partition coefficient (Wildman–Crippen LogP) is 4.41. The Morgan fingerprint density at radius 1 is 1.05 bits per heavy atom. The Bertz CT molecular complexity index is 513. The summed E-state index contributed by atoms with van der Waals surface area (Å²) in [5.41, 5.74) is 8.76. The molecular formula is C18H23NOS. The van der Waals surface area contributed by atoms with Crippen LogP contribution in [-0.2, 0) is 5.75 Å². The Morgan fingerprint density at radius 3 is 2.43 bits per heavy atom. The van der Waals surface area contributed by atoms with Crippen molar-refractivity contribution in [1.82, 2.24) is 0 Å². The van der Waals surface area contributed by atoms with Crippen molar-refractivity contribution >= 4 is 11.8 Å². The molecule has 0 heterocycles. The number of hydrogen-bond donors (Lipinski definition) is 1. The van der Waals surface area contributed by atoms with Crippen molar-refractivity contribution in [2.45, 2.75) is 25.1 Å². The van der Waals surface area contributed by atoms with E-state index in [2.05, 4.69) is 43.3 Å². The Labute approximate surface area is 131 Å². The zero-order valence-electron chi connectivity index (χ0n) is 12.5. The summed E-state index contributed by atoms with van der Waals surface area (Å²) in [4.78, 5) is 0. The van der Waals surface area contributed by atoms with E-state index in [9.17, 15) is 0 Å². The van der Waals surface area contributed by atoms with Gasteiger partial charge in [0.2, 0.25) is 0 Å². The minimum absolute atomic E-state index is 0.0685. The highest BCUT2D eigenvalue weighted by atomic mass is 32.2. The fourth-order valence-electron chi connectivity index (χ4n) is 2.01. The first-order chi connectivity index (χ1) is 10.3. The van der Waals surface area contributed by atoms with E-state index >= 15 is 0 Å². The van der Waals surface area contributed by atoms with Crippen LogP contribution in [0.25, 0.3) is 0 Å². The van der Waals surface area contributed by atoms with Crippen molar-refractivity contribution in [2.24, 2.45) is 5.73 Å². The summed E-state index contributed by atoms with van der Waals surface area (Å²) in [6.07, 6.45) is 1.03. The lowest BCUT2D eigenvalue weighted by molar-refractivity contribution is 0.317. The minimum Gasteiger partial charge on any atom is -0.494 e. The monoisotopic (exact) mass is 301 g/mol. The van der Waals surface area contributed by atoms with Crippen LogP contribution in [0.1, 0.15) is 30.5 Å². The lowest BCUT2D eigenvalue weighted by Gasteiger charge is -2.13. The van der Waals surface area contributed by atoms with Crippen LogP contribution in [0.5, 0.6) is 5.75 Å². The molecule has 2 aromatic carbocycles. The van der Waals surface area contributed by atoms with E-state index < -0.39 is 0 Å². The average Bonchev–Trinajstić information content (AvgIpc) is 2.54. The molecule has 2 N–H and O–H groups in total. The summed E-state index contributed by atoms with van der Waals surface area (Å²) >= 11 is 1.87. The second-order valence-corrected chi connectivity index (χ2v) is 6.05. The van der Waals surface area contributed by atoms with E-state index in [0.29, 0.717) is 0 Å². The Morgan fingerprint density at radius 2 is 1.76 bits per heavy atom. The van der Waals surface area contributed by atoms with Gasteiger partial charge >= 0.3 is 0 Å². The zero-order chi connectivity index (χ0) is 14.9. The first-order valence-corrected chi connectivity index (χ1v) is 8.55. The number of rotatable bonds is 8. The molecule has 0 aliphatic carbocycles. The smallest absolute Gasteiger partial charge is 0.119 e. The molecule has 0 radical (unpaired) electrons. The van der Waals surface area contributed by atoms with Crippen LogP contribution < -0.4 is 10.5 Å². The Kier molecular flexibility index (Phi) is 6.64. The van der Waals surface area contributed by atoms with Gasteiger partial charge in [-0.05, 0) is 29.7 Å². The number of ether oxygens (including phenoxy) is 1. The normalized spacial score (nSPS) is 12.1. The molecule has 0 amide bonds. The molecule has 112 valence electrons. The molecule has 1 atom stereocenters. The summed E-state index contributed by atoms with van der Waals surface area (Å²) < 4.78 is 5.58. The lowest BCUT2D eigenvalue weighted by atomic mass is 10.1. The van der Waals surface area contributed by atoms with E-state index in [1.165, 1.54) is 11.1 Å². The van der Waals surface area contributed by atoms with Gasteiger partial charge in [0.25, 0.3) is 0 Å². The third kappa shape index (κ3) is 5.44. The molecule has 21 heavy (non-hydrogen) atoms. The first kappa shape index (κ1) is 15.9. The molecule has 1 unspecified atom stereocenters. The highest BCUT2D eigenvalue weighted by Gasteiger charge is 2.06. The molecule has 0 aromatic heterocycles. The van der Waals surface area contributed by atoms with Gasteiger partial charge in [0, 0.05) is 17.5 Å². The van der Waals surface area contributed by atoms with Gasteiger partial charge in [0.1, 0.15) is 5.75 Å². The molecule has 0 aliphatic heterocycles. The molecule has 2 nitrogen and oxygen atoms in total. The van der Waals surface area contributed by atoms with Crippen molar-refractivity contribution in [3.8, 4) is 5.75 Å². The second kappa shape index (κ2) is 8.75. The molecule has 0 spiro atoms. The molecule has 0 saturated carbocycles.